The smallest absolute Gasteiger partial charge is 0.310 e. The van der Waals surface area contributed by atoms with Crippen LogP contribution in [0.3, 0.4) is 0 Å². The van der Waals surface area contributed by atoms with Crippen LogP contribution in [0.25, 0.3) is 0 Å². The van der Waals surface area contributed by atoms with E-state index in [0.717, 1.165) is 24.3 Å². The van der Waals surface area contributed by atoms with Crippen molar-refractivity contribution in [3.8, 4) is 5.75 Å². The Hall–Kier alpha value is -1.55. The second-order valence-corrected chi connectivity index (χ2v) is 4.51. The van der Waals surface area contributed by atoms with E-state index < -0.39 is 0 Å². The first-order valence-corrected chi connectivity index (χ1v) is 6.18. The third-order valence-corrected chi connectivity index (χ3v) is 3.51. The van der Waals surface area contributed by atoms with Crippen molar-refractivity contribution < 1.29 is 14.3 Å². The quantitative estimate of drug-likeness (QED) is 0.826. The number of rotatable bonds is 3. The minimum absolute atomic E-state index is 0.115. The molecule has 0 aliphatic carbocycles. The predicted octanol–water partition coefficient (Wildman–Crippen LogP) is 1.56. The Morgan fingerprint density at radius 2 is 2.22 bits per heavy atom. The van der Waals surface area contributed by atoms with Gasteiger partial charge in [0.1, 0.15) is 5.75 Å². The summed E-state index contributed by atoms with van der Waals surface area (Å²) in [6.45, 7) is 1.60. The van der Waals surface area contributed by atoms with Crippen molar-refractivity contribution in [3.05, 3.63) is 29.8 Å². The molecule has 98 valence electrons. The summed E-state index contributed by atoms with van der Waals surface area (Å²) >= 11 is 0. The zero-order valence-corrected chi connectivity index (χ0v) is 10.8. The Bertz CT molecular complexity index is 419. The van der Waals surface area contributed by atoms with Gasteiger partial charge in [0.15, 0.2) is 0 Å². The van der Waals surface area contributed by atoms with E-state index in [1.165, 1.54) is 7.11 Å². The van der Waals surface area contributed by atoms with E-state index in [9.17, 15) is 4.79 Å². The minimum Gasteiger partial charge on any atom is -0.497 e. The molecule has 1 N–H and O–H groups in total. The average Bonchev–Trinajstić information content (AvgIpc) is 2.46. The lowest BCUT2D eigenvalue weighted by Crippen LogP contribution is -2.40. The first kappa shape index (κ1) is 12.9. The Labute approximate surface area is 107 Å². The summed E-state index contributed by atoms with van der Waals surface area (Å²) < 4.78 is 10.1. The highest BCUT2D eigenvalue weighted by atomic mass is 16.5. The van der Waals surface area contributed by atoms with Crippen LogP contribution in [0, 0.1) is 5.92 Å². The van der Waals surface area contributed by atoms with Gasteiger partial charge in [-0.15, -0.1) is 0 Å². The van der Waals surface area contributed by atoms with Gasteiger partial charge in [-0.3, -0.25) is 4.79 Å². The van der Waals surface area contributed by atoms with E-state index in [-0.39, 0.29) is 17.8 Å². The normalized spacial score (nSPS) is 23.4. The molecule has 4 heteroatoms. The van der Waals surface area contributed by atoms with Crippen molar-refractivity contribution in [2.45, 2.75) is 12.3 Å². The third kappa shape index (κ3) is 2.64. The van der Waals surface area contributed by atoms with E-state index in [1.807, 2.05) is 18.2 Å². The van der Waals surface area contributed by atoms with Crippen LogP contribution in [0.15, 0.2) is 24.3 Å². The van der Waals surface area contributed by atoms with Crippen molar-refractivity contribution in [1.82, 2.24) is 5.32 Å². The molecule has 2 rings (SSSR count). The molecule has 18 heavy (non-hydrogen) atoms. The first-order valence-electron chi connectivity index (χ1n) is 6.18. The highest BCUT2D eigenvalue weighted by Crippen LogP contribution is 2.32. The Balaban J connectivity index is 2.24. The van der Waals surface area contributed by atoms with Crippen molar-refractivity contribution in [2.75, 3.05) is 27.3 Å². The van der Waals surface area contributed by atoms with Crippen LogP contribution in [0.5, 0.6) is 5.75 Å². The molecule has 0 bridgehead atoms. The third-order valence-electron chi connectivity index (χ3n) is 3.51. The molecule has 1 fully saturated rings. The largest absolute Gasteiger partial charge is 0.497 e. The van der Waals surface area contributed by atoms with E-state index in [4.69, 9.17) is 9.47 Å². The minimum atomic E-state index is -0.144. The number of piperidine rings is 1. The molecular weight excluding hydrogens is 230 g/mol. The first-order chi connectivity index (χ1) is 8.76. The maximum absolute atomic E-state index is 11.8. The van der Waals surface area contributed by atoms with Crippen LogP contribution >= 0.6 is 0 Å². The monoisotopic (exact) mass is 249 g/mol. The van der Waals surface area contributed by atoms with E-state index in [1.54, 1.807) is 7.11 Å². The van der Waals surface area contributed by atoms with Crippen LogP contribution in [0.2, 0.25) is 0 Å². The molecule has 1 aromatic rings. The van der Waals surface area contributed by atoms with Gasteiger partial charge in [0.25, 0.3) is 0 Å². The van der Waals surface area contributed by atoms with E-state index in [2.05, 4.69) is 11.4 Å². The van der Waals surface area contributed by atoms with Gasteiger partial charge in [-0.05, 0) is 36.6 Å². The number of carbonyl (C=O) groups is 1. The van der Waals surface area contributed by atoms with Gasteiger partial charge in [0.05, 0.1) is 20.1 Å². The molecule has 1 aliphatic heterocycles. The molecule has 1 heterocycles. The molecule has 0 spiro atoms. The lowest BCUT2D eigenvalue weighted by molar-refractivity contribution is -0.146. The lowest BCUT2D eigenvalue weighted by atomic mass is 9.81. The second-order valence-electron chi connectivity index (χ2n) is 4.51. The second kappa shape index (κ2) is 5.87. The molecule has 1 aromatic carbocycles. The van der Waals surface area contributed by atoms with Gasteiger partial charge in [-0.2, -0.15) is 0 Å². The van der Waals surface area contributed by atoms with Gasteiger partial charge >= 0.3 is 5.97 Å². The molecule has 0 amide bonds. The fraction of sp³-hybridized carbons (Fsp3) is 0.500. The van der Waals surface area contributed by atoms with Crippen LogP contribution in [-0.2, 0) is 9.53 Å². The lowest BCUT2D eigenvalue weighted by Gasteiger charge is -2.30. The summed E-state index contributed by atoms with van der Waals surface area (Å²) in [5.74, 6) is 0.773. The van der Waals surface area contributed by atoms with Crippen molar-refractivity contribution in [3.63, 3.8) is 0 Å². The van der Waals surface area contributed by atoms with Gasteiger partial charge in [0, 0.05) is 6.54 Å². The molecule has 0 saturated carbocycles. The van der Waals surface area contributed by atoms with Crippen LogP contribution in [-0.4, -0.2) is 33.3 Å². The number of hydrogen-bond donors (Lipinski definition) is 1. The molecule has 1 saturated heterocycles. The summed E-state index contributed by atoms with van der Waals surface area (Å²) in [6, 6.07) is 7.93. The highest BCUT2D eigenvalue weighted by Gasteiger charge is 2.32. The van der Waals surface area contributed by atoms with Crippen LogP contribution in [0.4, 0.5) is 0 Å². The SMILES string of the molecule is COC(=O)[C@@H]1CNCC[C@@H]1c1cccc(OC)c1. The molecule has 2 atom stereocenters. The number of methoxy groups -OCH3 is 2. The molecule has 0 unspecified atom stereocenters. The maximum Gasteiger partial charge on any atom is 0.310 e. The zero-order valence-electron chi connectivity index (χ0n) is 10.8. The summed E-state index contributed by atoms with van der Waals surface area (Å²) in [6.07, 6.45) is 0.937. The Morgan fingerprint density at radius 3 is 2.94 bits per heavy atom. The standard InChI is InChI=1S/C14H19NO3/c1-17-11-5-3-4-10(8-11)12-6-7-15-9-13(12)14(16)18-2/h3-5,8,12-13,15H,6-7,9H2,1-2H3/t12-,13-/m1/s1. The molecular formula is C14H19NO3. The maximum atomic E-state index is 11.8. The number of benzene rings is 1. The van der Waals surface area contributed by atoms with Crippen molar-refractivity contribution >= 4 is 5.97 Å². The van der Waals surface area contributed by atoms with Gasteiger partial charge < -0.3 is 14.8 Å². The number of hydrogen-bond acceptors (Lipinski definition) is 4. The van der Waals surface area contributed by atoms with Crippen molar-refractivity contribution in [1.29, 1.82) is 0 Å². The zero-order chi connectivity index (χ0) is 13.0. The topological polar surface area (TPSA) is 47.6 Å². The van der Waals surface area contributed by atoms with Crippen molar-refractivity contribution in [2.24, 2.45) is 5.92 Å². The van der Waals surface area contributed by atoms with E-state index >= 15 is 0 Å². The highest BCUT2D eigenvalue weighted by molar-refractivity contribution is 5.74. The Morgan fingerprint density at radius 1 is 1.39 bits per heavy atom. The van der Waals surface area contributed by atoms with Gasteiger partial charge in [-0.25, -0.2) is 0 Å². The fourth-order valence-electron chi connectivity index (χ4n) is 2.53. The number of esters is 1. The summed E-state index contributed by atoms with van der Waals surface area (Å²) in [5.41, 5.74) is 1.14. The molecule has 0 radical (unpaired) electrons. The Kier molecular flexibility index (Phi) is 4.20. The number of ether oxygens (including phenoxy) is 2. The van der Waals surface area contributed by atoms with Gasteiger partial charge in [0.2, 0.25) is 0 Å². The van der Waals surface area contributed by atoms with E-state index in [0.29, 0.717) is 6.54 Å². The summed E-state index contributed by atoms with van der Waals surface area (Å²) in [4.78, 5) is 11.8. The van der Waals surface area contributed by atoms with Crippen LogP contribution < -0.4 is 10.1 Å². The summed E-state index contributed by atoms with van der Waals surface area (Å²) in [7, 11) is 3.10. The molecule has 4 nitrogen and oxygen atoms in total. The number of carbonyl (C=O) groups excluding carboxylic acids is 1. The van der Waals surface area contributed by atoms with Crippen LogP contribution in [0.1, 0.15) is 17.9 Å². The molecule has 1 aliphatic rings. The predicted molar refractivity (Wildman–Crippen MR) is 68.7 cm³/mol. The average molecular weight is 249 g/mol. The van der Waals surface area contributed by atoms with Gasteiger partial charge in [-0.1, -0.05) is 12.1 Å². The molecule has 0 aromatic heterocycles. The fourth-order valence-corrected chi connectivity index (χ4v) is 2.53. The summed E-state index contributed by atoms with van der Waals surface area (Å²) in [5, 5.41) is 3.25. The number of nitrogens with one attached hydrogen (secondary N) is 1.